The monoisotopic (exact) mass is 342 g/mol. The Kier molecular flexibility index (Phi) is 4.10. The van der Waals surface area contributed by atoms with Crippen molar-refractivity contribution in [2.24, 2.45) is 0 Å². The molecule has 1 aromatic heterocycles. The van der Waals surface area contributed by atoms with Crippen LogP contribution in [0, 0.1) is 0 Å². The van der Waals surface area contributed by atoms with Gasteiger partial charge in [-0.1, -0.05) is 0 Å². The van der Waals surface area contributed by atoms with E-state index in [-0.39, 0.29) is 4.75 Å². The van der Waals surface area contributed by atoms with E-state index in [1.54, 1.807) is 0 Å². The Bertz CT molecular complexity index is 724. The van der Waals surface area contributed by atoms with Crippen LogP contribution in [0.15, 0.2) is 30.3 Å². The quantitative estimate of drug-likeness (QED) is 0.837. The summed E-state index contributed by atoms with van der Waals surface area (Å²) in [5, 5.41) is 3.14. The zero-order valence-electron chi connectivity index (χ0n) is 13.8. The SMILES string of the molecule is CNc1ccc(-c2nc(N3CCOCC3)cc(C3(S)CC3)n2)cc1. The molecule has 1 saturated heterocycles. The van der Waals surface area contributed by atoms with Crippen molar-refractivity contribution in [3.05, 3.63) is 36.0 Å². The van der Waals surface area contributed by atoms with Gasteiger partial charge in [0, 0.05) is 37.5 Å². The van der Waals surface area contributed by atoms with Crippen molar-refractivity contribution >= 4 is 24.1 Å². The molecule has 6 heteroatoms. The van der Waals surface area contributed by atoms with Crippen LogP contribution in [-0.2, 0) is 9.48 Å². The number of anilines is 2. The number of rotatable bonds is 4. The second-order valence-corrected chi connectivity index (χ2v) is 7.25. The number of nitrogens with one attached hydrogen (secondary N) is 1. The maximum absolute atomic E-state index is 5.46. The van der Waals surface area contributed by atoms with Crippen molar-refractivity contribution in [1.82, 2.24) is 9.97 Å². The molecule has 2 heterocycles. The van der Waals surface area contributed by atoms with Gasteiger partial charge in [0.15, 0.2) is 5.82 Å². The molecular formula is C18H22N4OS. The molecule has 0 spiro atoms. The highest BCUT2D eigenvalue weighted by Gasteiger charge is 2.42. The first-order valence-corrected chi connectivity index (χ1v) is 8.85. The number of ether oxygens (including phenoxy) is 1. The Morgan fingerprint density at radius 2 is 1.83 bits per heavy atom. The molecule has 1 aliphatic carbocycles. The maximum Gasteiger partial charge on any atom is 0.161 e. The first-order valence-electron chi connectivity index (χ1n) is 8.41. The predicted molar refractivity (Wildman–Crippen MR) is 99.9 cm³/mol. The normalized spacial score (nSPS) is 19.2. The predicted octanol–water partition coefficient (Wildman–Crippen LogP) is 2.94. The second-order valence-electron chi connectivity index (χ2n) is 6.39. The first kappa shape index (κ1) is 15.7. The molecule has 24 heavy (non-hydrogen) atoms. The molecule has 0 atom stereocenters. The Morgan fingerprint density at radius 1 is 1.12 bits per heavy atom. The molecule has 1 saturated carbocycles. The lowest BCUT2D eigenvalue weighted by atomic mass is 10.1. The smallest absolute Gasteiger partial charge is 0.161 e. The summed E-state index contributed by atoms with van der Waals surface area (Å²) in [7, 11) is 1.92. The minimum atomic E-state index is -0.0797. The van der Waals surface area contributed by atoms with Gasteiger partial charge < -0.3 is 15.0 Å². The first-order chi connectivity index (χ1) is 11.7. The highest BCUT2D eigenvalue weighted by atomic mass is 32.1. The van der Waals surface area contributed by atoms with Gasteiger partial charge in [-0.3, -0.25) is 0 Å². The highest BCUT2D eigenvalue weighted by molar-refractivity contribution is 7.81. The lowest BCUT2D eigenvalue weighted by molar-refractivity contribution is 0.122. The lowest BCUT2D eigenvalue weighted by Gasteiger charge is -2.28. The van der Waals surface area contributed by atoms with Crippen LogP contribution in [0.1, 0.15) is 18.5 Å². The molecule has 2 aliphatic rings. The topological polar surface area (TPSA) is 50.3 Å². The molecule has 4 rings (SSSR count). The molecule has 1 aliphatic heterocycles. The van der Waals surface area contributed by atoms with Crippen LogP contribution in [0.4, 0.5) is 11.5 Å². The van der Waals surface area contributed by atoms with E-state index in [9.17, 15) is 0 Å². The van der Waals surface area contributed by atoms with E-state index in [0.717, 1.165) is 67.7 Å². The van der Waals surface area contributed by atoms with E-state index >= 15 is 0 Å². The molecule has 0 unspecified atom stereocenters. The zero-order chi connectivity index (χ0) is 16.6. The van der Waals surface area contributed by atoms with Gasteiger partial charge >= 0.3 is 0 Å². The molecule has 0 bridgehead atoms. The fraction of sp³-hybridized carbons (Fsp3) is 0.444. The molecular weight excluding hydrogens is 320 g/mol. The summed E-state index contributed by atoms with van der Waals surface area (Å²) < 4.78 is 5.38. The van der Waals surface area contributed by atoms with E-state index in [4.69, 9.17) is 27.3 Å². The van der Waals surface area contributed by atoms with Gasteiger partial charge in [0.05, 0.1) is 23.7 Å². The van der Waals surface area contributed by atoms with Crippen LogP contribution < -0.4 is 10.2 Å². The largest absolute Gasteiger partial charge is 0.388 e. The fourth-order valence-corrected chi connectivity index (χ4v) is 3.14. The van der Waals surface area contributed by atoms with Gasteiger partial charge in [-0.05, 0) is 37.1 Å². The van der Waals surface area contributed by atoms with E-state index in [1.165, 1.54) is 0 Å². The molecule has 0 amide bonds. The van der Waals surface area contributed by atoms with Crippen molar-refractivity contribution in [1.29, 1.82) is 0 Å². The zero-order valence-corrected chi connectivity index (χ0v) is 14.7. The van der Waals surface area contributed by atoms with Crippen molar-refractivity contribution in [3.63, 3.8) is 0 Å². The number of hydrogen-bond acceptors (Lipinski definition) is 6. The third kappa shape index (κ3) is 3.08. The van der Waals surface area contributed by atoms with Crippen molar-refractivity contribution < 1.29 is 4.74 Å². The molecule has 126 valence electrons. The molecule has 2 fully saturated rings. The Balaban J connectivity index is 1.74. The van der Waals surface area contributed by atoms with Crippen LogP contribution in [0.3, 0.4) is 0 Å². The van der Waals surface area contributed by atoms with Gasteiger partial charge in [-0.25, -0.2) is 9.97 Å². The van der Waals surface area contributed by atoms with Crippen LogP contribution >= 0.6 is 12.6 Å². The van der Waals surface area contributed by atoms with Crippen LogP contribution in [-0.4, -0.2) is 43.3 Å². The van der Waals surface area contributed by atoms with E-state index in [2.05, 4.69) is 28.4 Å². The number of aromatic nitrogens is 2. The fourth-order valence-electron chi connectivity index (χ4n) is 2.92. The van der Waals surface area contributed by atoms with Gasteiger partial charge in [0.25, 0.3) is 0 Å². The van der Waals surface area contributed by atoms with Crippen LogP contribution in [0.2, 0.25) is 0 Å². The van der Waals surface area contributed by atoms with Crippen molar-refractivity contribution in [3.8, 4) is 11.4 Å². The summed E-state index contributed by atoms with van der Waals surface area (Å²) in [6.45, 7) is 3.23. The Morgan fingerprint density at radius 3 is 2.46 bits per heavy atom. The summed E-state index contributed by atoms with van der Waals surface area (Å²) in [6.07, 6.45) is 2.15. The third-order valence-electron chi connectivity index (χ3n) is 4.68. The minimum Gasteiger partial charge on any atom is -0.388 e. The molecule has 5 nitrogen and oxygen atoms in total. The maximum atomic E-state index is 5.46. The number of thiol groups is 1. The number of nitrogens with zero attached hydrogens (tertiary/aromatic N) is 3. The third-order valence-corrected chi connectivity index (χ3v) is 5.36. The average Bonchev–Trinajstić information content (AvgIpc) is 3.41. The Hall–Kier alpha value is -1.79. The molecule has 1 aromatic carbocycles. The molecule has 2 aromatic rings. The summed E-state index contributed by atoms with van der Waals surface area (Å²) in [5.41, 5.74) is 3.15. The average molecular weight is 342 g/mol. The molecule has 1 N–H and O–H groups in total. The van der Waals surface area contributed by atoms with Gasteiger partial charge in [-0.15, -0.1) is 0 Å². The summed E-state index contributed by atoms with van der Waals surface area (Å²) >= 11 is 4.81. The summed E-state index contributed by atoms with van der Waals surface area (Å²) in [5.74, 6) is 1.76. The van der Waals surface area contributed by atoms with Crippen LogP contribution in [0.5, 0.6) is 0 Å². The van der Waals surface area contributed by atoms with Gasteiger partial charge in [-0.2, -0.15) is 12.6 Å². The van der Waals surface area contributed by atoms with E-state index in [0.29, 0.717) is 0 Å². The minimum absolute atomic E-state index is 0.0797. The Labute approximate surface area is 147 Å². The number of hydrogen-bond donors (Lipinski definition) is 2. The van der Waals surface area contributed by atoms with Crippen molar-refractivity contribution in [2.75, 3.05) is 43.6 Å². The van der Waals surface area contributed by atoms with E-state index < -0.39 is 0 Å². The standard InChI is InChI=1S/C18H22N4OS/c1-19-14-4-2-13(3-5-14)17-20-15(18(24)6-7-18)12-16(21-17)22-8-10-23-11-9-22/h2-5,12,19,24H,6-11H2,1H3. The van der Waals surface area contributed by atoms with E-state index in [1.807, 2.05) is 19.2 Å². The second kappa shape index (κ2) is 6.26. The highest BCUT2D eigenvalue weighted by Crippen LogP contribution is 2.51. The lowest BCUT2D eigenvalue weighted by Crippen LogP contribution is -2.37. The number of benzene rings is 1. The van der Waals surface area contributed by atoms with Gasteiger partial charge in [0.2, 0.25) is 0 Å². The summed E-state index contributed by atoms with van der Waals surface area (Å²) in [6, 6.07) is 10.3. The van der Waals surface area contributed by atoms with Crippen molar-refractivity contribution in [2.45, 2.75) is 17.6 Å². The molecule has 0 radical (unpaired) electrons. The van der Waals surface area contributed by atoms with Gasteiger partial charge in [0.1, 0.15) is 5.82 Å². The van der Waals surface area contributed by atoms with Crippen LogP contribution in [0.25, 0.3) is 11.4 Å². The summed E-state index contributed by atoms with van der Waals surface area (Å²) in [4.78, 5) is 11.9. The number of morpholine rings is 1.